The zero-order chi connectivity index (χ0) is 21.9. The third-order valence-corrected chi connectivity index (χ3v) is 8.19. The fraction of sp³-hybridized carbons (Fsp3) is 0.577. The number of ether oxygens (including phenoxy) is 2. The maximum atomic E-state index is 13.3. The van der Waals surface area contributed by atoms with E-state index in [-0.39, 0.29) is 11.4 Å². The normalized spacial score (nSPS) is 27.2. The summed E-state index contributed by atoms with van der Waals surface area (Å²) in [5.74, 6) is -0.196. The molecule has 2 fully saturated rings. The Morgan fingerprint density at radius 2 is 2.03 bits per heavy atom. The Balaban J connectivity index is 1.60. The number of esters is 1. The molecule has 1 aromatic heterocycles. The Bertz CT molecular complexity index is 1100. The number of morpholine rings is 1. The summed E-state index contributed by atoms with van der Waals surface area (Å²) in [5.41, 5.74) is 5.87. The van der Waals surface area contributed by atoms with Gasteiger partial charge in [0.25, 0.3) is 0 Å². The highest BCUT2D eigenvalue weighted by Crippen LogP contribution is 2.57. The van der Waals surface area contributed by atoms with E-state index in [0.717, 1.165) is 69.9 Å². The number of hydrogen-bond acceptors (Lipinski definition) is 5. The van der Waals surface area contributed by atoms with Crippen molar-refractivity contribution in [1.82, 2.24) is 9.47 Å². The van der Waals surface area contributed by atoms with Gasteiger partial charge in [0, 0.05) is 41.8 Å². The standard InChI is InChI=1S/C26H33N3O3/c1-3-26-9-5-10-28-11-8-20-19-7-6-18(27-12-14-31-15-13-27)16-21(19)29(23(20)24(26)28)22(17-26)25(30)32-4-2/h6-7,16-17,24H,3-5,8-15H2,1-2H3/t24-,26+/m1/s1. The Morgan fingerprint density at radius 3 is 2.81 bits per heavy atom. The van der Waals surface area contributed by atoms with Gasteiger partial charge in [-0.3, -0.25) is 4.90 Å². The van der Waals surface area contributed by atoms with Crippen LogP contribution >= 0.6 is 0 Å². The third-order valence-electron chi connectivity index (χ3n) is 8.19. The lowest BCUT2D eigenvalue weighted by Gasteiger charge is -2.53. The zero-order valence-electron chi connectivity index (χ0n) is 19.2. The minimum absolute atomic E-state index is 0.00687. The average Bonchev–Trinajstić information content (AvgIpc) is 3.17. The van der Waals surface area contributed by atoms with E-state index in [9.17, 15) is 4.79 Å². The number of fused-ring (bicyclic) bond motifs is 3. The summed E-state index contributed by atoms with van der Waals surface area (Å²) in [7, 11) is 0. The summed E-state index contributed by atoms with van der Waals surface area (Å²) >= 11 is 0. The lowest BCUT2D eigenvalue weighted by atomic mass is 9.66. The summed E-state index contributed by atoms with van der Waals surface area (Å²) in [6.07, 6.45) is 6.69. The number of carbonyl (C=O) groups is 1. The van der Waals surface area contributed by atoms with Gasteiger partial charge < -0.3 is 18.9 Å². The molecule has 6 rings (SSSR count). The van der Waals surface area contributed by atoms with Crippen molar-refractivity contribution in [2.24, 2.45) is 5.41 Å². The van der Waals surface area contributed by atoms with Crippen LogP contribution in [0.5, 0.6) is 0 Å². The van der Waals surface area contributed by atoms with E-state index in [2.05, 4.69) is 45.6 Å². The largest absolute Gasteiger partial charge is 0.461 e. The van der Waals surface area contributed by atoms with E-state index in [1.165, 1.54) is 28.8 Å². The Kier molecular flexibility index (Phi) is 4.84. The zero-order valence-corrected chi connectivity index (χ0v) is 19.2. The second kappa shape index (κ2) is 7.63. The molecule has 0 aliphatic carbocycles. The van der Waals surface area contributed by atoms with Crippen molar-refractivity contribution in [3.8, 4) is 0 Å². The van der Waals surface area contributed by atoms with Crippen molar-refractivity contribution in [2.45, 2.75) is 45.6 Å². The van der Waals surface area contributed by atoms with E-state index < -0.39 is 0 Å². The Hall–Kier alpha value is -2.31. The number of piperidine rings is 1. The second-order valence-electron chi connectivity index (χ2n) is 9.63. The highest BCUT2D eigenvalue weighted by Gasteiger charge is 2.51. The SMILES string of the molecule is CCOC(=O)C1=C[C@]2(CC)CCCN3CCc4c(n1c1cc(N5CCOCC5)ccc41)[C@@H]32. The van der Waals surface area contributed by atoms with E-state index in [1.807, 2.05) is 6.92 Å². The van der Waals surface area contributed by atoms with Crippen molar-refractivity contribution in [1.29, 1.82) is 0 Å². The highest BCUT2D eigenvalue weighted by atomic mass is 16.5. The van der Waals surface area contributed by atoms with Crippen LogP contribution in [-0.2, 0) is 20.7 Å². The number of carbonyl (C=O) groups excluding carboxylic acids is 1. The van der Waals surface area contributed by atoms with Crippen molar-refractivity contribution >= 4 is 28.3 Å². The molecule has 1 aromatic carbocycles. The van der Waals surface area contributed by atoms with Gasteiger partial charge in [-0.2, -0.15) is 0 Å². The molecule has 32 heavy (non-hydrogen) atoms. The predicted octanol–water partition coefficient (Wildman–Crippen LogP) is 3.98. The molecule has 0 unspecified atom stereocenters. The molecular weight excluding hydrogens is 402 g/mol. The summed E-state index contributed by atoms with van der Waals surface area (Å²) in [5, 5.41) is 1.30. The van der Waals surface area contributed by atoms with E-state index in [4.69, 9.17) is 9.47 Å². The van der Waals surface area contributed by atoms with Crippen LogP contribution in [0.2, 0.25) is 0 Å². The van der Waals surface area contributed by atoms with Gasteiger partial charge in [0.15, 0.2) is 0 Å². The molecule has 170 valence electrons. The molecule has 0 N–H and O–H groups in total. The lowest BCUT2D eigenvalue weighted by Crippen LogP contribution is -2.51. The summed E-state index contributed by atoms with van der Waals surface area (Å²) < 4.78 is 13.4. The minimum Gasteiger partial charge on any atom is -0.461 e. The molecule has 0 amide bonds. The maximum absolute atomic E-state index is 13.3. The quantitative estimate of drug-likeness (QED) is 0.680. The summed E-state index contributed by atoms with van der Waals surface area (Å²) in [6, 6.07) is 7.18. The molecule has 6 nitrogen and oxygen atoms in total. The number of benzene rings is 1. The molecule has 4 aliphatic rings. The van der Waals surface area contributed by atoms with Crippen molar-refractivity contribution in [2.75, 3.05) is 50.9 Å². The molecule has 2 atom stereocenters. The fourth-order valence-electron chi connectivity index (χ4n) is 6.69. The smallest absolute Gasteiger partial charge is 0.354 e. The molecule has 0 bridgehead atoms. The number of rotatable bonds is 4. The van der Waals surface area contributed by atoms with Gasteiger partial charge in [-0.25, -0.2) is 4.79 Å². The van der Waals surface area contributed by atoms with Crippen LogP contribution in [0.15, 0.2) is 24.3 Å². The van der Waals surface area contributed by atoms with Crippen LogP contribution in [0.3, 0.4) is 0 Å². The highest BCUT2D eigenvalue weighted by molar-refractivity contribution is 6.13. The van der Waals surface area contributed by atoms with Gasteiger partial charge in [-0.1, -0.05) is 13.0 Å². The van der Waals surface area contributed by atoms with Gasteiger partial charge in [-0.05, 0) is 62.9 Å². The molecule has 0 spiro atoms. The minimum atomic E-state index is -0.196. The number of aromatic nitrogens is 1. The molecule has 5 heterocycles. The average molecular weight is 436 g/mol. The van der Waals surface area contributed by atoms with Gasteiger partial charge in [-0.15, -0.1) is 0 Å². The molecule has 0 saturated carbocycles. The predicted molar refractivity (Wildman–Crippen MR) is 126 cm³/mol. The maximum Gasteiger partial charge on any atom is 0.354 e. The summed E-state index contributed by atoms with van der Waals surface area (Å²) in [4.78, 5) is 18.3. The van der Waals surface area contributed by atoms with Crippen molar-refractivity contribution < 1.29 is 14.3 Å². The van der Waals surface area contributed by atoms with E-state index >= 15 is 0 Å². The third kappa shape index (κ3) is 2.82. The second-order valence-corrected chi connectivity index (χ2v) is 9.63. The van der Waals surface area contributed by atoms with Crippen LogP contribution < -0.4 is 4.90 Å². The number of hydrogen-bond donors (Lipinski definition) is 0. The fourth-order valence-corrected chi connectivity index (χ4v) is 6.69. The first-order valence-electron chi connectivity index (χ1n) is 12.3. The summed E-state index contributed by atoms with van der Waals surface area (Å²) in [6.45, 7) is 10.2. The Labute approximate surface area is 189 Å². The van der Waals surface area contributed by atoms with Crippen LogP contribution in [0.25, 0.3) is 16.6 Å². The van der Waals surface area contributed by atoms with Gasteiger partial charge in [0.1, 0.15) is 5.70 Å². The number of anilines is 1. The van der Waals surface area contributed by atoms with Crippen LogP contribution in [0, 0.1) is 5.41 Å². The molecule has 4 aliphatic heterocycles. The van der Waals surface area contributed by atoms with Gasteiger partial charge >= 0.3 is 5.97 Å². The monoisotopic (exact) mass is 435 g/mol. The molecular formula is C26H33N3O3. The van der Waals surface area contributed by atoms with E-state index in [0.29, 0.717) is 12.6 Å². The van der Waals surface area contributed by atoms with Crippen LogP contribution in [0.1, 0.15) is 50.4 Å². The van der Waals surface area contributed by atoms with Gasteiger partial charge in [0.05, 0.1) is 31.4 Å². The topological polar surface area (TPSA) is 46.9 Å². The molecule has 0 radical (unpaired) electrons. The van der Waals surface area contributed by atoms with Crippen LogP contribution in [0.4, 0.5) is 5.69 Å². The first kappa shape index (κ1) is 20.3. The first-order valence-corrected chi connectivity index (χ1v) is 12.3. The van der Waals surface area contributed by atoms with E-state index in [1.54, 1.807) is 0 Å². The lowest BCUT2D eigenvalue weighted by molar-refractivity contribution is -0.136. The first-order chi connectivity index (χ1) is 15.7. The van der Waals surface area contributed by atoms with Gasteiger partial charge in [0.2, 0.25) is 0 Å². The Morgan fingerprint density at radius 1 is 1.19 bits per heavy atom. The molecule has 2 saturated heterocycles. The molecule has 2 aromatic rings. The molecule has 6 heteroatoms. The van der Waals surface area contributed by atoms with Crippen molar-refractivity contribution in [3.05, 3.63) is 35.5 Å². The van der Waals surface area contributed by atoms with Crippen LogP contribution in [-0.4, -0.2) is 61.4 Å². The number of nitrogens with zero attached hydrogens (tertiary/aromatic N) is 3. The van der Waals surface area contributed by atoms with Crippen molar-refractivity contribution in [3.63, 3.8) is 0 Å².